The van der Waals surface area contributed by atoms with Gasteiger partial charge in [0.15, 0.2) is 0 Å². The number of carboxylic acid groups (broad SMARTS) is 1. The van der Waals surface area contributed by atoms with E-state index in [4.69, 9.17) is 5.11 Å². The van der Waals surface area contributed by atoms with Gasteiger partial charge in [-0.25, -0.2) is 0 Å². The van der Waals surface area contributed by atoms with Gasteiger partial charge in [-0.1, -0.05) is 37.6 Å². The van der Waals surface area contributed by atoms with Crippen molar-refractivity contribution in [3.63, 3.8) is 0 Å². The third kappa shape index (κ3) is 4.59. The SMILES string of the molecule is CCCCc1ccc(CC(=O)N2CC(CC(=O)O)C2)cc1. The van der Waals surface area contributed by atoms with Crippen molar-refractivity contribution >= 4 is 11.9 Å². The van der Waals surface area contributed by atoms with Gasteiger partial charge >= 0.3 is 5.97 Å². The maximum atomic E-state index is 12.1. The number of rotatable bonds is 7. The summed E-state index contributed by atoms with van der Waals surface area (Å²) in [6, 6.07) is 8.25. The van der Waals surface area contributed by atoms with Gasteiger partial charge in [0.25, 0.3) is 0 Å². The maximum absolute atomic E-state index is 12.1. The largest absolute Gasteiger partial charge is 0.481 e. The number of carboxylic acids is 1. The molecule has 1 aromatic rings. The van der Waals surface area contributed by atoms with Gasteiger partial charge in [-0.05, 0) is 24.0 Å². The number of amides is 1. The van der Waals surface area contributed by atoms with Gasteiger partial charge < -0.3 is 10.0 Å². The maximum Gasteiger partial charge on any atom is 0.303 e. The number of aryl methyl sites for hydroxylation is 1. The number of carbonyl (C=O) groups is 2. The van der Waals surface area contributed by atoms with Crippen LogP contribution in [0.5, 0.6) is 0 Å². The lowest BCUT2D eigenvalue weighted by Gasteiger charge is -2.38. The third-order valence-corrected chi connectivity index (χ3v) is 3.97. The number of aliphatic carboxylic acids is 1. The fourth-order valence-corrected chi connectivity index (χ4v) is 2.64. The Morgan fingerprint density at radius 3 is 2.38 bits per heavy atom. The molecule has 1 fully saturated rings. The zero-order valence-electron chi connectivity index (χ0n) is 12.5. The first kappa shape index (κ1) is 15.5. The molecule has 0 radical (unpaired) electrons. The van der Waals surface area contributed by atoms with Crippen molar-refractivity contribution in [2.24, 2.45) is 5.92 Å². The number of unbranched alkanes of at least 4 members (excludes halogenated alkanes) is 1. The summed E-state index contributed by atoms with van der Waals surface area (Å²) >= 11 is 0. The van der Waals surface area contributed by atoms with E-state index in [-0.39, 0.29) is 18.2 Å². The molecule has 1 amide bonds. The molecule has 0 atom stereocenters. The van der Waals surface area contributed by atoms with Crippen LogP contribution in [-0.4, -0.2) is 35.0 Å². The van der Waals surface area contributed by atoms with Crippen LogP contribution in [0.25, 0.3) is 0 Å². The standard InChI is InChI=1S/C17H23NO3/c1-2-3-4-13-5-7-14(8-6-13)9-16(19)18-11-15(12-18)10-17(20)21/h5-8,15H,2-4,9-12H2,1H3,(H,20,21). The molecule has 0 unspecified atom stereocenters. The van der Waals surface area contributed by atoms with Crippen molar-refractivity contribution in [1.29, 1.82) is 0 Å². The molecular weight excluding hydrogens is 266 g/mol. The van der Waals surface area contributed by atoms with Crippen LogP contribution in [0.1, 0.15) is 37.3 Å². The Bertz CT molecular complexity index is 489. The van der Waals surface area contributed by atoms with Gasteiger partial charge in [0, 0.05) is 19.0 Å². The summed E-state index contributed by atoms with van der Waals surface area (Å²) in [6.45, 7) is 3.34. The van der Waals surface area contributed by atoms with Crippen molar-refractivity contribution in [3.8, 4) is 0 Å². The van der Waals surface area contributed by atoms with Gasteiger partial charge in [-0.3, -0.25) is 9.59 Å². The van der Waals surface area contributed by atoms with Crippen molar-refractivity contribution in [2.45, 2.75) is 39.0 Å². The lowest BCUT2D eigenvalue weighted by atomic mass is 9.95. The molecule has 1 aromatic carbocycles. The number of hydrogen-bond donors (Lipinski definition) is 1. The lowest BCUT2D eigenvalue weighted by Crippen LogP contribution is -2.51. The Morgan fingerprint density at radius 2 is 1.81 bits per heavy atom. The minimum atomic E-state index is -0.783. The van der Waals surface area contributed by atoms with Crippen molar-refractivity contribution < 1.29 is 14.7 Å². The van der Waals surface area contributed by atoms with Gasteiger partial charge in [0.05, 0.1) is 12.8 Å². The highest BCUT2D eigenvalue weighted by atomic mass is 16.4. The summed E-state index contributed by atoms with van der Waals surface area (Å²) in [5.41, 5.74) is 2.35. The summed E-state index contributed by atoms with van der Waals surface area (Å²) in [7, 11) is 0. The van der Waals surface area contributed by atoms with Crippen LogP contribution >= 0.6 is 0 Å². The zero-order chi connectivity index (χ0) is 15.2. The van der Waals surface area contributed by atoms with Gasteiger partial charge in [0.2, 0.25) is 5.91 Å². The molecule has 0 spiro atoms. The average molecular weight is 289 g/mol. The van der Waals surface area contributed by atoms with E-state index in [1.807, 2.05) is 12.1 Å². The monoisotopic (exact) mass is 289 g/mol. The Balaban J connectivity index is 1.77. The molecule has 1 heterocycles. The molecule has 1 aliphatic heterocycles. The summed E-state index contributed by atoms with van der Waals surface area (Å²) in [5, 5.41) is 8.69. The smallest absolute Gasteiger partial charge is 0.303 e. The van der Waals surface area contributed by atoms with E-state index in [0.717, 1.165) is 12.0 Å². The molecule has 2 rings (SSSR count). The number of hydrogen-bond acceptors (Lipinski definition) is 2. The van der Waals surface area contributed by atoms with E-state index in [2.05, 4.69) is 19.1 Å². The quantitative estimate of drug-likeness (QED) is 0.839. The Morgan fingerprint density at radius 1 is 1.19 bits per heavy atom. The van der Waals surface area contributed by atoms with Crippen LogP contribution in [0.4, 0.5) is 0 Å². The minimum absolute atomic E-state index is 0.0953. The molecule has 21 heavy (non-hydrogen) atoms. The summed E-state index contributed by atoms with van der Waals surface area (Å²) in [5.74, 6) is -0.560. The zero-order valence-corrected chi connectivity index (χ0v) is 12.5. The van der Waals surface area contributed by atoms with Crippen molar-refractivity contribution in [2.75, 3.05) is 13.1 Å². The number of carbonyl (C=O) groups excluding carboxylic acids is 1. The predicted octanol–water partition coefficient (Wildman–Crippen LogP) is 2.50. The Kier molecular flexibility index (Phi) is 5.37. The molecule has 1 saturated heterocycles. The predicted molar refractivity (Wildman–Crippen MR) is 81.1 cm³/mol. The van der Waals surface area contributed by atoms with Gasteiger partial charge in [0.1, 0.15) is 0 Å². The van der Waals surface area contributed by atoms with E-state index in [1.165, 1.54) is 18.4 Å². The summed E-state index contributed by atoms with van der Waals surface area (Å²) < 4.78 is 0. The molecule has 1 N–H and O–H groups in total. The lowest BCUT2D eigenvalue weighted by molar-refractivity contribution is -0.144. The fraction of sp³-hybridized carbons (Fsp3) is 0.529. The Labute approximate surface area is 125 Å². The molecular formula is C17H23NO3. The van der Waals surface area contributed by atoms with E-state index in [9.17, 15) is 9.59 Å². The van der Waals surface area contributed by atoms with E-state index >= 15 is 0 Å². The van der Waals surface area contributed by atoms with Crippen LogP contribution in [0.3, 0.4) is 0 Å². The third-order valence-electron chi connectivity index (χ3n) is 3.97. The molecule has 114 valence electrons. The molecule has 0 saturated carbocycles. The highest BCUT2D eigenvalue weighted by Crippen LogP contribution is 2.20. The van der Waals surface area contributed by atoms with Gasteiger partial charge in [-0.15, -0.1) is 0 Å². The molecule has 4 heteroatoms. The van der Waals surface area contributed by atoms with Crippen molar-refractivity contribution in [3.05, 3.63) is 35.4 Å². The first-order chi connectivity index (χ1) is 10.1. The topological polar surface area (TPSA) is 57.6 Å². The number of likely N-dealkylation sites (tertiary alicyclic amines) is 1. The van der Waals surface area contributed by atoms with Gasteiger partial charge in [-0.2, -0.15) is 0 Å². The van der Waals surface area contributed by atoms with E-state index in [1.54, 1.807) is 4.90 Å². The number of nitrogens with zero attached hydrogens (tertiary/aromatic N) is 1. The highest BCUT2D eigenvalue weighted by Gasteiger charge is 2.31. The first-order valence-corrected chi connectivity index (χ1v) is 7.66. The second-order valence-electron chi connectivity index (χ2n) is 5.86. The van der Waals surface area contributed by atoms with E-state index < -0.39 is 5.97 Å². The van der Waals surface area contributed by atoms with Crippen LogP contribution in [0.2, 0.25) is 0 Å². The van der Waals surface area contributed by atoms with E-state index in [0.29, 0.717) is 19.5 Å². The van der Waals surface area contributed by atoms with Crippen molar-refractivity contribution in [1.82, 2.24) is 4.90 Å². The minimum Gasteiger partial charge on any atom is -0.481 e. The second kappa shape index (κ2) is 7.25. The van der Waals surface area contributed by atoms with Crippen LogP contribution < -0.4 is 0 Å². The number of benzene rings is 1. The van der Waals surface area contributed by atoms with Crippen LogP contribution in [0, 0.1) is 5.92 Å². The normalized spacial score (nSPS) is 14.8. The molecule has 0 bridgehead atoms. The Hall–Kier alpha value is -1.84. The molecule has 1 aliphatic rings. The first-order valence-electron chi connectivity index (χ1n) is 7.66. The summed E-state index contributed by atoms with van der Waals surface area (Å²) in [6.07, 6.45) is 4.04. The average Bonchev–Trinajstić information content (AvgIpc) is 2.41. The van der Waals surface area contributed by atoms with Crippen LogP contribution in [0.15, 0.2) is 24.3 Å². The molecule has 4 nitrogen and oxygen atoms in total. The molecule has 0 aliphatic carbocycles. The summed E-state index contributed by atoms with van der Waals surface area (Å²) in [4.78, 5) is 24.4. The highest BCUT2D eigenvalue weighted by molar-refractivity contribution is 5.80. The second-order valence-corrected chi connectivity index (χ2v) is 5.86. The fourth-order valence-electron chi connectivity index (χ4n) is 2.64. The van der Waals surface area contributed by atoms with Crippen LogP contribution in [-0.2, 0) is 22.4 Å². The molecule has 0 aromatic heterocycles.